The van der Waals surface area contributed by atoms with E-state index in [1.807, 2.05) is 76.5 Å². The predicted octanol–water partition coefficient (Wildman–Crippen LogP) is 7.54. The summed E-state index contributed by atoms with van der Waals surface area (Å²) in [5.41, 5.74) is 2.74. The number of aliphatic imine (C=N–C) groups is 1. The molecule has 0 radical (unpaired) electrons. The van der Waals surface area contributed by atoms with Crippen molar-refractivity contribution >= 4 is 23.7 Å². The normalized spacial score (nSPS) is 16.3. The zero-order valence-corrected chi connectivity index (χ0v) is 26.3. The topological polar surface area (TPSA) is 86.8 Å². The van der Waals surface area contributed by atoms with E-state index in [-0.39, 0.29) is 11.9 Å². The Morgan fingerprint density at radius 1 is 1.12 bits per heavy atom. The number of ether oxygens (including phenoxy) is 1. The molecule has 1 fully saturated rings. The van der Waals surface area contributed by atoms with Crippen molar-refractivity contribution in [3.8, 4) is 22.8 Å². The Morgan fingerprint density at radius 3 is 2.47 bits per heavy atom. The lowest BCUT2D eigenvalue weighted by atomic mass is 10.0. The van der Waals surface area contributed by atoms with Crippen molar-refractivity contribution in [2.45, 2.75) is 59.9 Å². The molecule has 0 bridgehead atoms. The monoisotopic (exact) mass is 582 g/mol. The summed E-state index contributed by atoms with van der Waals surface area (Å²) in [5.74, 6) is 2.51. The number of likely N-dealkylation sites (tertiary alicyclic amines) is 1. The number of likely N-dealkylation sites (N-methyl/N-ethyl adjacent to an activating group) is 1. The lowest BCUT2D eigenvalue weighted by Gasteiger charge is -2.32. The van der Waals surface area contributed by atoms with Gasteiger partial charge in [-0.3, -0.25) is 4.79 Å². The van der Waals surface area contributed by atoms with Gasteiger partial charge < -0.3 is 19.9 Å². The van der Waals surface area contributed by atoms with E-state index in [2.05, 4.69) is 32.6 Å². The fraction of sp³-hybridized carbons (Fsp3) is 0.429. The Bertz CT molecular complexity index is 1410. The van der Waals surface area contributed by atoms with E-state index in [0.717, 1.165) is 73.8 Å². The molecule has 2 atom stereocenters. The molecule has 1 N–H and O–H groups in total. The van der Waals surface area contributed by atoms with Gasteiger partial charge in [0, 0.05) is 43.2 Å². The summed E-state index contributed by atoms with van der Waals surface area (Å²) < 4.78 is 7.97. The SMILES string of the molecule is CCC(C)C=Nc1c(C(C)=N)c(-c2ccc(Oc3ccccc3)cc2)nn1C1CCCN(C(=O)C=CCN(CC)CC)C1. The first-order valence-corrected chi connectivity index (χ1v) is 15.6. The van der Waals surface area contributed by atoms with Gasteiger partial charge >= 0.3 is 0 Å². The van der Waals surface area contributed by atoms with Crippen LogP contribution in [0.1, 0.15) is 65.5 Å². The highest BCUT2D eigenvalue weighted by Crippen LogP contribution is 2.37. The Labute approximate surface area is 256 Å². The molecule has 1 aromatic heterocycles. The van der Waals surface area contributed by atoms with Crippen molar-refractivity contribution in [1.82, 2.24) is 19.6 Å². The highest BCUT2D eigenvalue weighted by Gasteiger charge is 2.29. The molecule has 0 spiro atoms. The Balaban J connectivity index is 1.65. The first-order valence-electron chi connectivity index (χ1n) is 15.6. The number of benzene rings is 2. The van der Waals surface area contributed by atoms with Gasteiger partial charge in [-0.2, -0.15) is 5.10 Å². The minimum atomic E-state index is -0.0366. The summed E-state index contributed by atoms with van der Waals surface area (Å²) in [6.07, 6.45) is 8.38. The van der Waals surface area contributed by atoms with Crippen LogP contribution in [0.3, 0.4) is 0 Å². The van der Waals surface area contributed by atoms with Crippen LogP contribution in [0.2, 0.25) is 0 Å². The van der Waals surface area contributed by atoms with E-state index in [0.29, 0.717) is 24.0 Å². The predicted molar refractivity (Wildman–Crippen MR) is 176 cm³/mol. The van der Waals surface area contributed by atoms with Crippen LogP contribution in [0, 0.1) is 11.3 Å². The number of hydrogen-bond acceptors (Lipinski definition) is 6. The van der Waals surface area contributed by atoms with E-state index < -0.39 is 0 Å². The molecule has 2 heterocycles. The van der Waals surface area contributed by atoms with Gasteiger partial charge in [0.15, 0.2) is 5.82 Å². The fourth-order valence-corrected chi connectivity index (χ4v) is 5.20. The van der Waals surface area contributed by atoms with Crippen LogP contribution >= 0.6 is 0 Å². The van der Waals surface area contributed by atoms with Crippen LogP contribution in [0.15, 0.2) is 71.7 Å². The van der Waals surface area contributed by atoms with Crippen molar-refractivity contribution in [1.29, 1.82) is 5.41 Å². The van der Waals surface area contributed by atoms with Gasteiger partial charge in [0.25, 0.3) is 0 Å². The second-order valence-electron chi connectivity index (χ2n) is 11.2. The standard InChI is InChI=1S/C35H46N6O2/c1-6-26(4)24-37-35-33(27(5)36)34(28-18-20-31(21-19-28)43-30-15-10-9-11-16-30)38-41(35)29-14-12-23-40(25-29)32(42)17-13-22-39(7-2)8-3/h9-11,13,15-21,24,26,29,36H,6-8,12,14,22-23,25H2,1-5H3. The van der Waals surface area contributed by atoms with Crippen molar-refractivity contribution in [3.63, 3.8) is 0 Å². The summed E-state index contributed by atoms with van der Waals surface area (Å²) in [4.78, 5) is 22.3. The van der Waals surface area contributed by atoms with E-state index in [1.54, 1.807) is 13.0 Å². The van der Waals surface area contributed by atoms with Gasteiger partial charge in [0.2, 0.25) is 5.91 Å². The van der Waals surface area contributed by atoms with Gasteiger partial charge in [-0.1, -0.05) is 52.0 Å². The summed E-state index contributed by atoms with van der Waals surface area (Å²) in [5, 5.41) is 13.8. The van der Waals surface area contributed by atoms with Crippen LogP contribution in [0.5, 0.6) is 11.5 Å². The maximum Gasteiger partial charge on any atom is 0.246 e. The summed E-state index contributed by atoms with van der Waals surface area (Å²) in [6.45, 7) is 14.3. The Kier molecular flexibility index (Phi) is 11.4. The van der Waals surface area contributed by atoms with Crippen LogP contribution in [-0.4, -0.2) is 70.1 Å². The molecule has 1 saturated heterocycles. The van der Waals surface area contributed by atoms with E-state index in [4.69, 9.17) is 20.2 Å². The number of carbonyl (C=O) groups excluding carboxylic acids is 1. The number of nitrogens with zero attached hydrogens (tertiary/aromatic N) is 5. The number of nitrogens with one attached hydrogen (secondary N) is 1. The molecule has 1 aliphatic rings. The third-order valence-electron chi connectivity index (χ3n) is 8.03. The molecule has 0 saturated carbocycles. The van der Waals surface area contributed by atoms with Gasteiger partial charge in [0.1, 0.15) is 17.2 Å². The molecule has 0 aliphatic carbocycles. The number of piperidine rings is 1. The summed E-state index contributed by atoms with van der Waals surface area (Å²) >= 11 is 0. The molecule has 4 rings (SSSR count). The highest BCUT2D eigenvalue weighted by atomic mass is 16.5. The molecule has 8 heteroatoms. The first-order chi connectivity index (χ1) is 20.8. The van der Waals surface area contributed by atoms with Crippen molar-refractivity contribution in [2.24, 2.45) is 10.9 Å². The van der Waals surface area contributed by atoms with Crippen LogP contribution < -0.4 is 4.74 Å². The number of amides is 1. The van der Waals surface area contributed by atoms with Gasteiger partial charge in [-0.05, 0) is 81.6 Å². The maximum atomic E-state index is 13.2. The first kappa shape index (κ1) is 31.9. The minimum Gasteiger partial charge on any atom is -0.457 e. The Morgan fingerprint density at radius 2 is 1.81 bits per heavy atom. The molecular formula is C35H46N6O2. The molecule has 8 nitrogen and oxygen atoms in total. The number of rotatable bonds is 13. The molecule has 1 amide bonds. The molecular weight excluding hydrogens is 536 g/mol. The van der Waals surface area contributed by atoms with Gasteiger partial charge in [-0.25, -0.2) is 9.67 Å². The number of para-hydroxylation sites is 1. The molecule has 1 aliphatic heterocycles. The van der Waals surface area contributed by atoms with E-state index in [9.17, 15) is 4.79 Å². The zero-order chi connectivity index (χ0) is 30.8. The van der Waals surface area contributed by atoms with E-state index >= 15 is 0 Å². The third kappa shape index (κ3) is 8.29. The molecule has 3 aromatic rings. The Hall–Kier alpha value is -4.04. The van der Waals surface area contributed by atoms with Gasteiger partial charge in [0.05, 0.1) is 11.6 Å². The van der Waals surface area contributed by atoms with Crippen LogP contribution in [0.25, 0.3) is 11.3 Å². The second-order valence-corrected chi connectivity index (χ2v) is 11.2. The summed E-state index contributed by atoms with van der Waals surface area (Å²) in [6, 6.07) is 17.5. The van der Waals surface area contributed by atoms with Crippen molar-refractivity contribution < 1.29 is 9.53 Å². The smallest absolute Gasteiger partial charge is 0.246 e. The molecule has 228 valence electrons. The molecule has 2 unspecified atom stereocenters. The minimum absolute atomic E-state index is 0.0337. The quantitative estimate of drug-likeness (QED) is 0.167. The average Bonchev–Trinajstić information content (AvgIpc) is 3.42. The fourth-order valence-electron chi connectivity index (χ4n) is 5.20. The third-order valence-corrected chi connectivity index (χ3v) is 8.03. The maximum absolute atomic E-state index is 13.2. The largest absolute Gasteiger partial charge is 0.457 e. The molecule has 43 heavy (non-hydrogen) atoms. The average molecular weight is 583 g/mol. The number of aromatic nitrogens is 2. The number of carbonyl (C=O) groups is 1. The zero-order valence-electron chi connectivity index (χ0n) is 26.3. The van der Waals surface area contributed by atoms with Crippen LogP contribution in [0.4, 0.5) is 5.82 Å². The summed E-state index contributed by atoms with van der Waals surface area (Å²) in [7, 11) is 0. The van der Waals surface area contributed by atoms with Gasteiger partial charge in [-0.15, -0.1) is 0 Å². The number of hydrogen-bond donors (Lipinski definition) is 1. The van der Waals surface area contributed by atoms with Crippen LogP contribution in [-0.2, 0) is 4.79 Å². The highest BCUT2D eigenvalue weighted by molar-refractivity contribution is 6.06. The van der Waals surface area contributed by atoms with Crippen molar-refractivity contribution in [2.75, 3.05) is 32.7 Å². The molecule has 2 aromatic carbocycles. The second kappa shape index (κ2) is 15.4. The lowest BCUT2D eigenvalue weighted by Crippen LogP contribution is -2.40. The lowest BCUT2D eigenvalue weighted by molar-refractivity contribution is -0.127. The van der Waals surface area contributed by atoms with Crippen molar-refractivity contribution in [3.05, 3.63) is 72.3 Å². The van der Waals surface area contributed by atoms with E-state index in [1.165, 1.54) is 0 Å².